The first-order valence-electron chi connectivity index (χ1n) is 9.26. The largest absolute Gasteiger partial charge is 0.369 e. The number of nitrogens with zero attached hydrogens (tertiary/aromatic N) is 2. The van der Waals surface area contributed by atoms with Gasteiger partial charge in [-0.2, -0.15) is 0 Å². The summed E-state index contributed by atoms with van der Waals surface area (Å²) in [4.78, 5) is 18.6. The number of fused-ring (bicyclic) bond motifs is 1. The zero-order valence-corrected chi connectivity index (χ0v) is 15.8. The third-order valence-corrected chi connectivity index (χ3v) is 5.58. The van der Waals surface area contributed by atoms with Gasteiger partial charge in [-0.3, -0.25) is 9.69 Å². The van der Waals surface area contributed by atoms with Crippen molar-refractivity contribution in [1.29, 1.82) is 0 Å². The number of benzene rings is 2. The number of nitrogens with two attached hydrogens (primary N) is 1. The van der Waals surface area contributed by atoms with E-state index in [1.54, 1.807) is 0 Å². The summed E-state index contributed by atoms with van der Waals surface area (Å²) in [6, 6.07) is 18.2. The molecule has 1 saturated heterocycles. The Morgan fingerprint density at radius 2 is 1.81 bits per heavy atom. The molecule has 0 saturated carbocycles. The van der Waals surface area contributed by atoms with Crippen molar-refractivity contribution in [3.05, 3.63) is 65.2 Å². The smallest absolute Gasteiger partial charge is 0.220 e. The van der Waals surface area contributed by atoms with Crippen LogP contribution in [0.1, 0.15) is 18.4 Å². The van der Waals surface area contributed by atoms with Crippen LogP contribution >= 0.6 is 11.6 Å². The number of likely N-dealkylation sites (tertiary alicyclic amines) is 1. The lowest BCUT2D eigenvalue weighted by atomic mass is 9.95. The van der Waals surface area contributed by atoms with Crippen molar-refractivity contribution in [2.24, 2.45) is 11.7 Å². The van der Waals surface area contributed by atoms with E-state index in [1.165, 1.54) is 10.9 Å². The highest BCUT2D eigenvalue weighted by molar-refractivity contribution is 6.30. The van der Waals surface area contributed by atoms with Gasteiger partial charge in [0.1, 0.15) is 0 Å². The minimum atomic E-state index is -0.172. The molecular formula is C22H22ClN3O. The highest BCUT2D eigenvalue weighted by Gasteiger charge is 2.23. The fourth-order valence-corrected chi connectivity index (χ4v) is 3.89. The maximum Gasteiger partial charge on any atom is 0.220 e. The second-order valence-electron chi connectivity index (χ2n) is 7.14. The van der Waals surface area contributed by atoms with Gasteiger partial charge in [0.15, 0.2) is 0 Å². The van der Waals surface area contributed by atoms with E-state index in [0.29, 0.717) is 0 Å². The van der Waals surface area contributed by atoms with Gasteiger partial charge < -0.3 is 5.73 Å². The minimum absolute atomic E-state index is 0.0139. The van der Waals surface area contributed by atoms with E-state index < -0.39 is 0 Å². The molecule has 4 nitrogen and oxygen atoms in total. The molecule has 138 valence electrons. The van der Waals surface area contributed by atoms with Gasteiger partial charge in [0.05, 0.1) is 11.2 Å². The van der Waals surface area contributed by atoms with Gasteiger partial charge in [-0.05, 0) is 55.8 Å². The number of aromatic nitrogens is 1. The van der Waals surface area contributed by atoms with Gasteiger partial charge in [0, 0.05) is 28.4 Å². The van der Waals surface area contributed by atoms with E-state index in [9.17, 15) is 4.79 Å². The lowest BCUT2D eigenvalue weighted by Gasteiger charge is -2.30. The first-order chi connectivity index (χ1) is 13.1. The number of halogens is 1. The van der Waals surface area contributed by atoms with Gasteiger partial charge in [0.2, 0.25) is 5.91 Å². The SMILES string of the molecule is NC(=O)C1CCN(Cc2cc(-c3ccc(Cl)cc3)nc3ccccc23)CC1. The molecule has 4 rings (SSSR count). The van der Waals surface area contributed by atoms with Crippen LogP contribution < -0.4 is 5.73 Å². The number of hydrogen-bond donors (Lipinski definition) is 1. The molecule has 0 unspecified atom stereocenters. The Kier molecular flexibility index (Phi) is 5.10. The summed E-state index contributed by atoms with van der Waals surface area (Å²) < 4.78 is 0. The van der Waals surface area contributed by atoms with Crippen LogP contribution in [-0.2, 0) is 11.3 Å². The van der Waals surface area contributed by atoms with E-state index in [-0.39, 0.29) is 11.8 Å². The normalized spacial score (nSPS) is 15.9. The maximum absolute atomic E-state index is 11.4. The summed E-state index contributed by atoms with van der Waals surface area (Å²) in [6.45, 7) is 2.62. The Balaban J connectivity index is 1.65. The highest BCUT2D eigenvalue weighted by Crippen LogP contribution is 2.28. The molecule has 1 aliphatic rings. The van der Waals surface area contributed by atoms with Crippen LogP contribution in [0.15, 0.2) is 54.6 Å². The molecule has 27 heavy (non-hydrogen) atoms. The zero-order chi connectivity index (χ0) is 18.8. The molecule has 2 N–H and O–H groups in total. The lowest BCUT2D eigenvalue weighted by molar-refractivity contribution is -0.123. The van der Waals surface area contributed by atoms with Crippen LogP contribution in [0.25, 0.3) is 22.2 Å². The summed E-state index contributed by atoms with van der Waals surface area (Å²) in [5, 5.41) is 1.89. The highest BCUT2D eigenvalue weighted by atomic mass is 35.5. The molecule has 2 heterocycles. The standard InChI is InChI=1S/C22H22ClN3O/c23-18-7-5-15(6-8-18)21-13-17(19-3-1-2-4-20(19)25-21)14-26-11-9-16(10-12-26)22(24)27/h1-8,13,16H,9-12,14H2,(H2,24,27). The van der Waals surface area contributed by atoms with Crippen molar-refractivity contribution in [2.75, 3.05) is 13.1 Å². The van der Waals surface area contributed by atoms with E-state index in [4.69, 9.17) is 22.3 Å². The van der Waals surface area contributed by atoms with Crippen molar-refractivity contribution < 1.29 is 4.79 Å². The molecule has 0 atom stereocenters. The molecule has 1 aromatic heterocycles. The number of carbonyl (C=O) groups excluding carboxylic acids is 1. The van der Waals surface area contributed by atoms with Gasteiger partial charge in [-0.1, -0.05) is 41.9 Å². The molecule has 1 amide bonds. The fourth-order valence-electron chi connectivity index (χ4n) is 3.76. The zero-order valence-electron chi connectivity index (χ0n) is 15.1. The molecule has 5 heteroatoms. The number of rotatable bonds is 4. The Hall–Kier alpha value is -2.43. The summed E-state index contributed by atoms with van der Waals surface area (Å²) in [5.74, 6) is -0.158. The summed E-state index contributed by atoms with van der Waals surface area (Å²) >= 11 is 6.03. The number of amides is 1. The Morgan fingerprint density at radius 3 is 2.52 bits per heavy atom. The predicted octanol–water partition coefficient (Wildman–Crippen LogP) is 4.25. The maximum atomic E-state index is 11.4. The van der Waals surface area contributed by atoms with Crippen LogP contribution in [0.3, 0.4) is 0 Å². The van der Waals surface area contributed by atoms with Crippen molar-refractivity contribution in [1.82, 2.24) is 9.88 Å². The predicted molar refractivity (Wildman–Crippen MR) is 109 cm³/mol. The van der Waals surface area contributed by atoms with Crippen LogP contribution in [0.4, 0.5) is 0 Å². The number of pyridine rings is 1. The Bertz CT molecular complexity index is 963. The molecule has 3 aromatic rings. The minimum Gasteiger partial charge on any atom is -0.369 e. The second-order valence-corrected chi connectivity index (χ2v) is 7.58. The third kappa shape index (κ3) is 3.97. The first kappa shape index (κ1) is 18.0. The quantitative estimate of drug-likeness (QED) is 0.737. The van der Waals surface area contributed by atoms with Gasteiger partial charge >= 0.3 is 0 Å². The number of carbonyl (C=O) groups is 1. The molecular weight excluding hydrogens is 358 g/mol. The van der Waals surface area contributed by atoms with Gasteiger partial charge in [-0.15, -0.1) is 0 Å². The van der Waals surface area contributed by atoms with Crippen LogP contribution in [-0.4, -0.2) is 28.9 Å². The van der Waals surface area contributed by atoms with Crippen LogP contribution in [0.2, 0.25) is 5.02 Å². The van der Waals surface area contributed by atoms with Crippen molar-refractivity contribution >= 4 is 28.4 Å². The Morgan fingerprint density at radius 1 is 1.11 bits per heavy atom. The molecule has 1 fully saturated rings. The molecule has 2 aromatic carbocycles. The van der Waals surface area contributed by atoms with Crippen LogP contribution in [0, 0.1) is 5.92 Å². The van der Waals surface area contributed by atoms with E-state index in [0.717, 1.165) is 54.3 Å². The lowest BCUT2D eigenvalue weighted by Crippen LogP contribution is -2.38. The molecule has 0 aliphatic carbocycles. The Labute approximate surface area is 164 Å². The topological polar surface area (TPSA) is 59.2 Å². The molecule has 0 radical (unpaired) electrons. The number of primary amides is 1. The number of hydrogen-bond acceptors (Lipinski definition) is 3. The van der Waals surface area contributed by atoms with Crippen molar-refractivity contribution in [3.63, 3.8) is 0 Å². The van der Waals surface area contributed by atoms with E-state index in [2.05, 4.69) is 29.2 Å². The average Bonchev–Trinajstić information content (AvgIpc) is 2.69. The third-order valence-electron chi connectivity index (χ3n) is 5.33. The summed E-state index contributed by atoms with van der Waals surface area (Å²) in [5.41, 5.74) is 9.71. The van der Waals surface area contributed by atoms with Gasteiger partial charge in [-0.25, -0.2) is 4.98 Å². The number of piperidine rings is 1. The van der Waals surface area contributed by atoms with Crippen LogP contribution in [0.5, 0.6) is 0 Å². The number of para-hydroxylation sites is 1. The summed E-state index contributed by atoms with van der Waals surface area (Å²) in [6.07, 6.45) is 1.67. The monoisotopic (exact) mass is 379 g/mol. The molecule has 1 aliphatic heterocycles. The van der Waals surface area contributed by atoms with Crippen molar-refractivity contribution in [3.8, 4) is 11.3 Å². The fraction of sp³-hybridized carbons (Fsp3) is 0.273. The van der Waals surface area contributed by atoms with Crippen molar-refractivity contribution in [2.45, 2.75) is 19.4 Å². The molecule has 0 spiro atoms. The van der Waals surface area contributed by atoms with E-state index in [1.807, 2.05) is 30.3 Å². The average molecular weight is 380 g/mol. The molecule has 0 bridgehead atoms. The van der Waals surface area contributed by atoms with Gasteiger partial charge in [0.25, 0.3) is 0 Å². The summed E-state index contributed by atoms with van der Waals surface area (Å²) in [7, 11) is 0. The van der Waals surface area contributed by atoms with E-state index >= 15 is 0 Å². The second kappa shape index (κ2) is 7.67. The first-order valence-corrected chi connectivity index (χ1v) is 9.64.